The maximum atomic E-state index is 7.79. The lowest BCUT2D eigenvalue weighted by Crippen LogP contribution is -2.44. The SMILES string of the molecule is CCOc1cc(-c2cc(N3CCOCC3C)nc(NC)n2)cc(N)c1C(=N)N. The summed E-state index contributed by atoms with van der Waals surface area (Å²) in [5.41, 5.74) is 14.1. The fourth-order valence-corrected chi connectivity index (χ4v) is 3.25. The van der Waals surface area contributed by atoms with Crippen molar-refractivity contribution in [2.24, 2.45) is 5.73 Å². The number of hydrogen-bond donors (Lipinski definition) is 4. The molecule has 9 heteroatoms. The number of anilines is 3. The van der Waals surface area contributed by atoms with E-state index >= 15 is 0 Å². The Morgan fingerprint density at radius 2 is 2.18 bits per heavy atom. The summed E-state index contributed by atoms with van der Waals surface area (Å²) in [4.78, 5) is 11.4. The van der Waals surface area contributed by atoms with E-state index in [2.05, 4.69) is 27.1 Å². The molecule has 6 N–H and O–H groups in total. The third-order valence-corrected chi connectivity index (χ3v) is 4.60. The number of amidine groups is 1. The molecular weight excluding hydrogens is 358 g/mol. The summed E-state index contributed by atoms with van der Waals surface area (Å²) < 4.78 is 11.2. The highest BCUT2D eigenvalue weighted by molar-refractivity contribution is 6.03. The summed E-state index contributed by atoms with van der Waals surface area (Å²) in [5, 5.41) is 10.8. The maximum Gasteiger partial charge on any atom is 0.224 e. The van der Waals surface area contributed by atoms with E-state index < -0.39 is 0 Å². The van der Waals surface area contributed by atoms with Crippen LogP contribution in [0.1, 0.15) is 19.4 Å². The molecule has 0 aliphatic carbocycles. The zero-order valence-corrected chi connectivity index (χ0v) is 16.5. The fraction of sp³-hybridized carbons (Fsp3) is 0.421. The summed E-state index contributed by atoms with van der Waals surface area (Å²) >= 11 is 0. The van der Waals surface area contributed by atoms with E-state index in [0.717, 1.165) is 17.9 Å². The normalized spacial score (nSPS) is 16.7. The van der Waals surface area contributed by atoms with E-state index in [0.29, 0.717) is 48.5 Å². The lowest BCUT2D eigenvalue weighted by molar-refractivity contribution is 0.0985. The van der Waals surface area contributed by atoms with Crippen LogP contribution in [0, 0.1) is 5.41 Å². The summed E-state index contributed by atoms with van der Waals surface area (Å²) in [7, 11) is 1.78. The third-order valence-electron chi connectivity index (χ3n) is 4.60. The molecule has 0 amide bonds. The zero-order valence-electron chi connectivity index (χ0n) is 16.5. The second kappa shape index (κ2) is 8.30. The van der Waals surface area contributed by atoms with Crippen molar-refractivity contribution in [3.8, 4) is 17.0 Å². The molecule has 28 heavy (non-hydrogen) atoms. The molecule has 9 nitrogen and oxygen atoms in total. The number of nitrogens with zero attached hydrogens (tertiary/aromatic N) is 3. The van der Waals surface area contributed by atoms with Crippen LogP contribution < -0.4 is 26.4 Å². The lowest BCUT2D eigenvalue weighted by Gasteiger charge is -2.34. The predicted molar refractivity (Wildman–Crippen MR) is 111 cm³/mol. The lowest BCUT2D eigenvalue weighted by atomic mass is 10.0. The van der Waals surface area contributed by atoms with Gasteiger partial charge in [-0.3, -0.25) is 5.41 Å². The average molecular weight is 385 g/mol. The van der Waals surface area contributed by atoms with Gasteiger partial charge < -0.3 is 31.2 Å². The highest BCUT2D eigenvalue weighted by Gasteiger charge is 2.22. The van der Waals surface area contributed by atoms with Gasteiger partial charge in [0, 0.05) is 30.9 Å². The van der Waals surface area contributed by atoms with E-state index in [1.54, 1.807) is 13.1 Å². The molecule has 1 unspecified atom stereocenters. The Kier molecular flexibility index (Phi) is 5.84. The topological polar surface area (TPSA) is 135 Å². The standard InChI is InChI=1S/C19H27N7O2/c1-4-28-15-8-12(7-13(20)17(15)18(21)22)14-9-16(25-19(23-3)24-14)26-5-6-27-10-11(26)2/h7-9,11H,4-6,10,20H2,1-3H3,(H3,21,22)(H,23,24,25). The van der Waals surface area contributed by atoms with E-state index in [1.165, 1.54) is 0 Å². The number of rotatable bonds is 6. The van der Waals surface area contributed by atoms with Gasteiger partial charge in [0.2, 0.25) is 5.95 Å². The number of hydrogen-bond acceptors (Lipinski definition) is 8. The molecule has 1 atom stereocenters. The zero-order chi connectivity index (χ0) is 20.3. The molecule has 0 saturated carbocycles. The highest BCUT2D eigenvalue weighted by atomic mass is 16.5. The molecule has 1 fully saturated rings. The quantitative estimate of drug-likeness (QED) is 0.335. The number of aromatic nitrogens is 2. The largest absolute Gasteiger partial charge is 0.493 e. The first-order valence-corrected chi connectivity index (χ1v) is 9.26. The Balaban J connectivity index is 2.10. The van der Waals surface area contributed by atoms with Crippen molar-refractivity contribution in [3.63, 3.8) is 0 Å². The minimum absolute atomic E-state index is 0.131. The van der Waals surface area contributed by atoms with E-state index in [-0.39, 0.29) is 11.9 Å². The Morgan fingerprint density at radius 3 is 2.82 bits per heavy atom. The van der Waals surface area contributed by atoms with Gasteiger partial charge in [-0.05, 0) is 26.0 Å². The van der Waals surface area contributed by atoms with Crippen molar-refractivity contribution in [3.05, 3.63) is 23.8 Å². The molecule has 3 rings (SSSR count). The molecule has 1 aromatic carbocycles. The van der Waals surface area contributed by atoms with E-state index in [4.69, 9.17) is 26.4 Å². The van der Waals surface area contributed by atoms with Crippen LogP contribution >= 0.6 is 0 Å². The van der Waals surface area contributed by atoms with Gasteiger partial charge in [0.15, 0.2) is 0 Å². The highest BCUT2D eigenvalue weighted by Crippen LogP contribution is 2.33. The molecule has 1 saturated heterocycles. The van der Waals surface area contributed by atoms with Crippen LogP contribution in [0.3, 0.4) is 0 Å². The Hall–Kier alpha value is -3.07. The van der Waals surface area contributed by atoms with Gasteiger partial charge in [-0.25, -0.2) is 4.98 Å². The first kappa shape index (κ1) is 19.7. The van der Waals surface area contributed by atoms with Crippen LogP contribution in [0.5, 0.6) is 5.75 Å². The van der Waals surface area contributed by atoms with E-state index in [9.17, 15) is 0 Å². The van der Waals surface area contributed by atoms with Crippen molar-refractivity contribution in [2.75, 3.05) is 49.4 Å². The minimum Gasteiger partial charge on any atom is -0.493 e. The summed E-state index contributed by atoms with van der Waals surface area (Å²) in [5.74, 6) is 1.67. The minimum atomic E-state index is -0.131. The van der Waals surface area contributed by atoms with Crippen molar-refractivity contribution in [1.29, 1.82) is 5.41 Å². The number of benzene rings is 1. The third kappa shape index (κ3) is 3.94. The predicted octanol–water partition coefficient (Wildman–Crippen LogP) is 1.68. The maximum absolute atomic E-state index is 7.79. The van der Waals surface area contributed by atoms with Crippen molar-refractivity contribution in [1.82, 2.24) is 9.97 Å². The van der Waals surface area contributed by atoms with Crippen LogP contribution in [0.15, 0.2) is 18.2 Å². The number of nitrogens with one attached hydrogen (secondary N) is 2. The van der Waals surface area contributed by atoms with Crippen molar-refractivity contribution >= 4 is 23.3 Å². The second-order valence-corrected chi connectivity index (χ2v) is 6.59. The van der Waals surface area contributed by atoms with Gasteiger partial charge in [0.05, 0.1) is 37.1 Å². The first-order valence-electron chi connectivity index (χ1n) is 9.26. The van der Waals surface area contributed by atoms with Crippen molar-refractivity contribution in [2.45, 2.75) is 19.9 Å². The number of nitrogens with two attached hydrogens (primary N) is 2. The van der Waals surface area contributed by atoms with Crippen LogP contribution in [0.4, 0.5) is 17.5 Å². The van der Waals surface area contributed by atoms with E-state index in [1.807, 2.05) is 19.1 Å². The Bertz CT molecular complexity index is 872. The number of morpholine rings is 1. The van der Waals surface area contributed by atoms with Gasteiger partial charge in [0.1, 0.15) is 17.4 Å². The molecule has 1 aliphatic heterocycles. The molecule has 1 aromatic heterocycles. The monoisotopic (exact) mass is 385 g/mol. The molecule has 2 heterocycles. The van der Waals surface area contributed by atoms with Crippen LogP contribution in [-0.2, 0) is 4.74 Å². The molecule has 0 bridgehead atoms. The summed E-state index contributed by atoms with van der Waals surface area (Å²) in [6.07, 6.45) is 0. The molecule has 150 valence electrons. The van der Waals surface area contributed by atoms with Gasteiger partial charge in [-0.15, -0.1) is 0 Å². The molecule has 0 radical (unpaired) electrons. The van der Waals surface area contributed by atoms with Gasteiger partial charge >= 0.3 is 0 Å². The summed E-state index contributed by atoms with van der Waals surface area (Å²) in [6.45, 7) is 6.49. The van der Waals surface area contributed by atoms with Gasteiger partial charge in [0.25, 0.3) is 0 Å². The smallest absolute Gasteiger partial charge is 0.224 e. The number of ether oxygens (including phenoxy) is 2. The van der Waals surface area contributed by atoms with Crippen LogP contribution in [0.25, 0.3) is 11.3 Å². The van der Waals surface area contributed by atoms with Crippen LogP contribution in [0.2, 0.25) is 0 Å². The first-order chi connectivity index (χ1) is 13.4. The van der Waals surface area contributed by atoms with Gasteiger partial charge in [-0.1, -0.05) is 0 Å². The van der Waals surface area contributed by atoms with Crippen LogP contribution in [-0.4, -0.2) is 55.3 Å². The molecule has 0 spiro atoms. The average Bonchev–Trinajstić information content (AvgIpc) is 2.67. The number of nitrogen functional groups attached to an aromatic ring is 2. The molecule has 2 aromatic rings. The Morgan fingerprint density at radius 1 is 1.39 bits per heavy atom. The fourth-order valence-electron chi connectivity index (χ4n) is 3.25. The Labute approximate surface area is 164 Å². The molecule has 1 aliphatic rings. The molecular formula is C19H27N7O2. The second-order valence-electron chi connectivity index (χ2n) is 6.59. The van der Waals surface area contributed by atoms with Crippen molar-refractivity contribution < 1.29 is 9.47 Å². The summed E-state index contributed by atoms with van der Waals surface area (Å²) in [6, 6.07) is 5.71. The van der Waals surface area contributed by atoms with Gasteiger partial charge in [-0.2, -0.15) is 4.98 Å².